The zero-order valence-corrected chi connectivity index (χ0v) is 13.3. The van der Waals surface area contributed by atoms with E-state index in [1.807, 2.05) is 30.3 Å². The highest BCUT2D eigenvalue weighted by Gasteiger charge is 2.19. The first-order chi connectivity index (χ1) is 11.1. The van der Waals surface area contributed by atoms with Crippen molar-refractivity contribution in [2.75, 3.05) is 6.61 Å². The number of imidazole rings is 1. The van der Waals surface area contributed by atoms with Crippen molar-refractivity contribution < 1.29 is 9.53 Å². The van der Waals surface area contributed by atoms with Crippen molar-refractivity contribution in [2.24, 2.45) is 0 Å². The predicted molar refractivity (Wildman–Crippen MR) is 89.2 cm³/mol. The van der Waals surface area contributed by atoms with E-state index in [0.29, 0.717) is 22.6 Å². The van der Waals surface area contributed by atoms with Crippen LogP contribution in [0.5, 0.6) is 0 Å². The van der Waals surface area contributed by atoms with Gasteiger partial charge in [0.2, 0.25) is 0 Å². The minimum absolute atomic E-state index is 0.192. The number of nitrogens with zero attached hydrogens (tertiary/aromatic N) is 2. The van der Waals surface area contributed by atoms with Crippen molar-refractivity contribution in [3.05, 3.63) is 69.6 Å². The van der Waals surface area contributed by atoms with Gasteiger partial charge in [0.05, 0.1) is 24.2 Å². The van der Waals surface area contributed by atoms with Crippen molar-refractivity contribution in [3.8, 4) is 0 Å². The number of carbonyl (C=O) groups excluding carboxylic acids is 1. The number of halogens is 1. The molecule has 0 radical (unpaired) electrons. The Labute approximate surface area is 137 Å². The molecule has 0 aliphatic heterocycles. The molecule has 0 spiro atoms. The highest BCUT2D eigenvalue weighted by Crippen LogP contribution is 2.20. The normalized spacial score (nSPS) is 10.9. The van der Waals surface area contributed by atoms with E-state index < -0.39 is 11.8 Å². The molecule has 6 heteroatoms. The Bertz CT molecular complexity index is 913. The fourth-order valence-corrected chi connectivity index (χ4v) is 2.68. The van der Waals surface area contributed by atoms with Crippen molar-refractivity contribution in [1.82, 2.24) is 9.13 Å². The van der Waals surface area contributed by atoms with Gasteiger partial charge in [0.1, 0.15) is 0 Å². The molecule has 0 N–H and O–H groups in total. The molecule has 0 saturated carbocycles. The smallest absolute Gasteiger partial charge is 0.422 e. The zero-order valence-electron chi connectivity index (χ0n) is 12.5. The van der Waals surface area contributed by atoms with Crippen molar-refractivity contribution in [2.45, 2.75) is 13.5 Å². The van der Waals surface area contributed by atoms with Gasteiger partial charge in [-0.15, -0.1) is 0 Å². The molecule has 0 atom stereocenters. The molecule has 0 saturated heterocycles. The molecule has 2 aromatic carbocycles. The summed E-state index contributed by atoms with van der Waals surface area (Å²) < 4.78 is 7.55. The highest BCUT2D eigenvalue weighted by molar-refractivity contribution is 6.31. The summed E-state index contributed by atoms with van der Waals surface area (Å²) in [4.78, 5) is 24.8. The number of aromatic nitrogens is 2. The lowest BCUT2D eigenvalue weighted by molar-refractivity contribution is 0.154. The molecule has 3 rings (SSSR count). The van der Waals surface area contributed by atoms with E-state index in [-0.39, 0.29) is 6.61 Å². The highest BCUT2D eigenvalue weighted by atomic mass is 35.5. The minimum atomic E-state index is -0.698. The van der Waals surface area contributed by atoms with E-state index in [0.717, 1.165) is 10.1 Å². The number of hydrogen-bond acceptors (Lipinski definition) is 3. The first-order valence-corrected chi connectivity index (χ1v) is 7.61. The Morgan fingerprint density at radius 1 is 1.13 bits per heavy atom. The molecule has 5 nitrogen and oxygen atoms in total. The van der Waals surface area contributed by atoms with Gasteiger partial charge in [-0.1, -0.05) is 41.9 Å². The van der Waals surface area contributed by atoms with Gasteiger partial charge >= 0.3 is 11.8 Å². The van der Waals surface area contributed by atoms with Crippen LogP contribution in [0.25, 0.3) is 11.0 Å². The van der Waals surface area contributed by atoms with Crippen LogP contribution in [0.4, 0.5) is 4.79 Å². The average molecular weight is 331 g/mol. The van der Waals surface area contributed by atoms with Crippen LogP contribution in [0.3, 0.4) is 0 Å². The first kappa shape index (κ1) is 15.4. The van der Waals surface area contributed by atoms with Gasteiger partial charge in [0, 0.05) is 5.02 Å². The van der Waals surface area contributed by atoms with E-state index in [1.165, 1.54) is 4.57 Å². The van der Waals surface area contributed by atoms with E-state index in [4.69, 9.17) is 16.3 Å². The summed E-state index contributed by atoms with van der Waals surface area (Å²) in [5.74, 6) is 0. The second-order valence-electron chi connectivity index (χ2n) is 5.02. The van der Waals surface area contributed by atoms with Gasteiger partial charge in [-0.2, -0.15) is 4.57 Å². The third-order valence-corrected chi connectivity index (χ3v) is 3.76. The van der Waals surface area contributed by atoms with Crippen LogP contribution in [0.2, 0.25) is 5.02 Å². The lowest BCUT2D eigenvalue weighted by Gasteiger charge is -2.03. The van der Waals surface area contributed by atoms with Gasteiger partial charge in [0.25, 0.3) is 0 Å². The molecule has 118 valence electrons. The van der Waals surface area contributed by atoms with Crippen LogP contribution in [-0.4, -0.2) is 21.8 Å². The Morgan fingerprint density at radius 3 is 2.57 bits per heavy atom. The molecule has 0 aliphatic rings. The van der Waals surface area contributed by atoms with E-state index in [9.17, 15) is 9.59 Å². The molecule has 0 fully saturated rings. The summed E-state index contributed by atoms with van der Waals surface area (Å²) in [5.41, 5.74) is 1.60. The molecular formula is C17H15ClN2O3. The molecule has 0 amide bonds. The summed E-state index contributed by atoms with van der Waals surface area (Å²) in [6.07, 6.45) is -0.698. The average Bonchev–Trinajstić information content (AvgIpc) is 2.80. The molecule has 1 aromatic heterocycles. The Balaban J connectivity index is 2.20. The maximum Gasteiger partial charge on any atom is 0.422 e. The van der Waals surface area contributed by atoms with E-state index in [1.54, 1.807) is 25.1 Å². The molecular weight excluding hydrogens is 316 g/mol. The Kier molecular flexibility index (Phi) is 4.21. The predicted octanol–water partition coefficient (Wildman–Crippen LogP) is 3.51. The van der Waals surface area contributed by atoms with Gasteiger partial charge in [0.15, 0.2) is 0 Å². The standard InChI is InChI=1S/C17H15ClN2O3/c1-2-23-17(22)20-15-10-13(18)8-9-14(15)19(16(20)21)11-12-6-4-3-5-7-12/h3-10H,2,11H2,1H3. The van der Waals surface area contributed by atoms with Gasteiger partial charge in [-0.25, -0.2) is 9.59 Å². The van der Waals surface area contributed by atoms with Crippen LogP contribution < -0.4 is 5.69 Å². The second kappa shape index (κ2) is 6.30. The van der Waals surface area contributed by atoms with Crippen LogP contribution >= 0.6 is 11.6 Å². The third kappa shape index (κ3) is 2.87. The monoisotopic (exact) mass is 330 g/mol. The zero-order chi connectivity index (χ0) is 16.4. The summed E-state index contributed by atoms with van der Waals surface area (Å²) in [6.45, 7) is 2.25. The maximum atomic E-state index is 12.7. The number of hydrogen-bond donors (Lipinski definition) is 0. The van der Waals surface area contributed by atoms with Crippen molar-refractivity contribution in [3.63, 3.8) is 0 Å². The van der Waals surface area contributed by atoms with E-state index in [2.05, 4.69) is 0 Å². The fraction of sp³-hybridized carbons (Fsp3) is 0.176. The van der Waals surface area contributed by atoms with Crippen molar-refractivity contribution >= 4 is 28.7 Å². The first-order valence-electron chi connectivity index (χ1n) is 7.23. The van der Waals surface area contributed by atoms with Gasteiger partial charge in [-0.3, -0.25) is 4.57 Å². The molecule has 3 aromatic rings. The number of carbonyl (C=O) groups is 1. The molecule has 0 aliphatic carbocycles. The number of rotatable bonds is 3. The topological polar surface area (TPSA) is 53.2 Å². The Morgan fingerprint density at radius 2 is 1.87 bits per heavy atom. The number of benzene rings is 2. The van der Waals surface area contributed by atoms with Crippen LogP contribution in [0.1, 0.15) is 12.5 Å². The van der Waals surface area contributed by atoms with Gasteiger partial charge in [-0.05, 0) is 30.7 Å². The van der Waals surface area contributed by atoms with E-state index >= 15 is 0 Å². The summed E-state index contributed by atoms with van der Waals surface area (Å²) >= 11 is 6.02. The molecule has 1 heterocycles. The maximum absolute atomic E-state index is 12.7. The largest absolute Gasteiger partial charge is 0.449 e. The van der Waals surface area contributed by atoms with Gasteiger partial charge < -0.3 is 4.74 Å². The minimum Gasteiger partial charge on any atom is -0.449 e. The number of fused-ring (bicyclic) bond motifs is 1. The third-order valence-electron chi connectivity index (χ3n) is 3.53. The number of ether oxygens (including phenoxy) is 1. The summed E-state index contributed by atoms with van der Waals surface area (Å²) in [6, 6.07) is 14.6. The molecule has 23 heavy (non-hydrogen) atoms. The lowest BCUT2D eigenvalue weighted by Crippen LogP contribution is -2.30. The SMILES string of the molecule is CCOC(=O)n1c(=O)n(Cc2ccccc2)c2ccc(Cl)cc21. The Hall–Kier alpha value is -2.53. The molecule has 0 unspecified atom stereocenters. The second-order valence-corrected chi connectivity index (χ2v) is 5.46. The lowest BCUT2D eigenvalue weighted by atomic mass is 10.2. The van der Waals surface area contributed by atoms with Crippen LogP contribution in [0, 0.1) is 0 Å². The fourth-order valence-electron chi connectivity index (χ4n) is 2.51. The van der Waals surface area contributed by atoms with Crippen LogP contribution in [-0.2, 0) is 11.3 Å². The summed E-state index contributed by atoms with van der Waals surface area (Å²) in [7, 11) is 0. The molecule has 0 bridgehead atoms. The summed E-state index contributed by atoms with van der Waals surface area (Å²) in [5, 5.41) is 0.451. The quantitative estimate of drug-likeness (QED) is 0.738. The van der Waals surface area contributed by atoms with Crippen LogP contribution in [0.15, 0.2) is 53.3 Å². The van der Waals surface area contributed by atoms with Crippen molar-refractivity contribution in [1.29, 1.82) is 0 Å².